The third kappa shape index (κ3) is 5.81. The Hall–Kier alpha value is -3.35. The Balaban J connectivity index is 1.53. The highest BCUT2D eigenvalue weighted by Gasteiger charge is 2.19. The standard InChI is InChI=1S/C22H25N3O4/c26-20(15-25(16-21(27)28)19-6-2-1-3-7-19)23-14-17-8-10-18(11-9-17)22(29)24-12-4-5-13-24/h1-3,6-11H,4-5,12-16H2,(H,23,26)(H,27,28). The van der Waals surface area contributed by atoms with Gasteiger partial charge < -0.3 is 20.2 Å². The second-order valence-corrected chi connectivity index (χ2v) is 7.06. The van der Waals surface area contributed by atoms with Gasteiger partial charge in [0.2, 0.25) is 5.91 Å². The third-order valence-corrected chi connectivity index (χ3v) is 4.87. The van der Waals surface area contributed by atoms with Crippen LogP contribution in [0.4, 0.5) is 5.69 Å². The van der Waals surface area contributed by atoms with Crippen molar-refractivity contribution in [2.24, 2.45) is 0 Å². The van der Waals surface area contributed by atoms with Crippen molar-refractivity contribution in [1.29, 1.82) is 0 Å². The van der Waals surface area contributed by atoms with Crippen LogP contribution in [0.25, 0.3) is 0 Å². The van der Waals surface area contributed by atoms with Crippen LogP contribution < -0.4 is 10.2 Å². The van der Waals surface area contributed by atoms with E-state index in [1.54, 1.807) is 36.4 Å². The van der Waals surface area contributed by atoms with Crippen LogP contribution in [-0.2, 0) is 16.1 Å². The Bertz CT molecular complexity index is 846. The number of hydrogen-bond acceptors (Lipinski definition) is 4. The quantitative estimate of drug-likeness (QED) is 0.715. The number of rotatable bonds is 8. The van der Waals surface area contributed by atoms with Crippen molar-refractivity contribution in [3.05, 3.63) is 65.7 Å². The van der Waals surface area contributed by atoms with Crippen molar-refractivity contribution in [2.45, 2.75) is 19.4 Å². The first-order valence-corrected chi connectivity index (χ1v) is 9.69. The van der Waals surface area contributed by atoms with Crippen LogP contribution in [-0.4, -0.2) is 54.0 Å². The molecule has 29 heavy (non-hydrogen) atoms. The number of likely N-dealkylation sites (tertiary alicyclic amines) is 1. The molecule has 1 aliphatic heterocycles. The van der Waals surface area contributed by atoms with Crippen molar-refractivity contribution in [3.8, 4) is 0 Å². The number of carboxylic acid groups (broad SMARTS) is 1. The van der Waals surface area contributed by atoms with Gasteiger partial charge in [0.1, 0.15) is 6.54 Å². The minimum Gasteiger partial charge on any atom is -0.480 e. The minimum atomic E-state index is -1.00. The van der Waals surface area contributed by atoms with Gasteiger partial charge >= 0.3 is 5.97 Å². The van der Waals surface area contributed by atoms with Gasteiger partial charge in [0.25, 0.3) is 5.91 Å². The van der Waals surface area contributed by atoms with Crippen LogP contribution in [0.3, 0.4) is 0 Å². The SMILES string of the molecule is O=C(O)CN(CC(=O)NCc1ccc(C(=O)N2CCCC2)cc1)c1ccccc1. The van der Waals surface area contributed by atoms with E-state index in [2.05, 4.69) is 5.32 Å². The number of anilines is 1. The molecule has 2 aromatic rings. The molecule has 0 saturated carbocycles. The first-order valence-electron chi connectivity index (χ1n) is 9.69. The van der Waals surface area contributed by atoms with Crippen molar-refractivity contribution in [1.82, 2.24) is 10.2 Å². The Kier molecular flexibility index (Phi) is 6.84. The molecule has 0 radical (unpaired) electrons. The van der Waals surface area contributed by atoms with E-state index in [0.29, 0.717) is 17.8 Å². The van der Waals surface area contributed by atoms with E-state index in [1.165, 1.54) is 4.90 Å². The van der Waals surface area contributed by atoms with Gasteiger partial charge in [-0.1, -0.05) is 30.3 Å². The third-order valence-electron chi connectivity index (χ3n) is 4.87. The maximum Gasteiger partial charge on any atom is 0.323 e. The molecule has 1 fully saturated rings. The largest absolute Gasteiger partial charge is 0.480 e. The fourth-order valence-electron chi connectivity index (χ4n) is 3.34. The molecule has 2 amide bonds. The van der Waals surface area contributed by atoms with Gasteiger partial charge in [0.05, 0.1) is 6.54 Å². The zero-order valence-electron chi connectivity index (χ0n) is 16.2. The molecule has 1 aliphatic rings. The van der Waals surface area contributed by atoms with E-state index in [-0.39, 0.29) is 24.9 Å². The summed E-state index contributed by atoms with van der Waals surface area (Å²) in [6.07, 6.45) is 2.11. The van der Waals surface area contributed by atoms with Gasteiger partial charge in [-0.05, 0) is 42.7 Å². The number of nitrogens with zero attached hydrogens (tertiary/aromatic N) is 2. The number of carbonyl (C=O) groups is 3. The van der Waals surface area contributed by atoms with Crippen molar-refractivity contribution in [3.63, 3.8) is 0 Å². The van der Waals surface area contributed by atoms with Crippen molar-refractivity contribution >= 4 is 23.5 Å². The summed E-state index contributed by atoms with van der Waals surface area (Å²) >= 11 is 0. The number of nitrogens with one attached hydrogen (secondary N) is 1. The summed E-state index contributed by atoms with van der Waals surface area (Å²) < 4.78 is 0. The molecule has 152 valence electrons. The lowest BCUT2D eigenvalue weighted by molar-refractivity contribution is -0.135. The van der Waals surface area contributed by atoms with Crippen LogP contribution >= 0.6 is 0 Å². The second kappa shape index (κ2) is 9.73. The van der Waals surface area contributed by atoms with Crippen molar-refractivity contribution < 1.29 is 19.5 Å². The summed E-state index contributed by atoms with van der Waals surface area (Å²) in [6.45, 7) is 1.62. The van der Waals surface area contributed by atoms with E-state index in [4.69, 9.17) is 5.11 Å². The Morgan fingerprint density at radius 1 is 0.931 bits per heavy atom. The molecule has 7 heteroatoms. The number of hydrogen-bond donors (Lipinski definition) is 2. The molecule has 3 rings (SSSR count). The first kappa shape index (κ1) is 20.4. The second-order valence-electron chi connectivity index (χ2n) is 7.06. The lowest BCUT2D eigenvalue weighted by atomic mass is 10.1. The zero-order chi connectivity index (χ0) is 20.6. The summed E-state index contributed by atoms with van der Waals surface area (Å²) in [5.41, 5.74) is 2.20. The average molecular weight is 395 g/mol. The van der Waals surface area contributed by atoms with Gasteiger partial charge in [-0.25, -0.2) is 0 Å². The van der Waals surface area contributed by atoms with Crippen LogP contribution in [0.2, 0.25) is 0 Å². The number of carbonyl (C=O) groups excluding carboxylic acids is 2. The van der Waals surface area contributed by atoms with E-state index >= 15 is 0 Å². The highest BCUT2D eigenvalue weighted by Crippen LogP contribution is 2.14. The predicted octanol–water partition coefficient (Wildman–Crippen LogP) is 2.13. The van der Waals surface area contributed by atoms with Gasteiger partial charge in [0, 0.05) is 30.9 Å². The average Bonchev–Trinajstić information content (AvgIpc) is 3.27. The zero-order valence-corrected chi connectivity index (χ0v) is 16.2. The molecule has 0 spiro atoms. The molecule has 0 aromatic heterocycles. The minimum absolute atomic E-state index is 0.0465. The summed E-state index contributed by atoms with van der Waals surface area (Å²) in [5, 5.41) is 11.9. The van der Waals surface area contributed by atoms with Gasteiger partial charge in [-0.2, -0.15) is 0 Å². The highest BCUT2D eigenvalue weighted by molar-refractivity contribution is 5.94. The van der Waals surface area contributed by atoms with E-state index in [1.807, 2.05) is 23.1 Å². The van der Waals surface area contributed by atoms with Gasteiger partial charge in [-0.15, -0.1) is 0 Å². The van der Waals surface area contributed by atoms with Crippen molar-refractivity contribution in [2.75, 3.05) is 31.1 Å². The van der Waals surface area contributed by atoms with Gasteiger partial charge in [-0.3, -0.25) is 14.4 Å². The fraction of sp³-hybridized carbons (Fsp3) is 0.318. The molecule has 2 N–H and O–H groups in total. The first-order chi connectivity index (χ1) is 14.0. The smallest absolute Gasteiger partial charge is 0.323 e. The van der Waals surface area contributed by atoms with Gasteiger partial charge in [0.15, 0.2) is 0 Å². The number of para-hydroxylation sites is 1. The van der Waals surface area contributed by atoms with E-state index in [9.17, 15) is 14.4 Å². The van der Waals surface area contributed by atoms with E-state index in [0.717, 1.165) is 31.5 Å². The van der Waals surface area contributed by atoms with Crippen LogP contribution in [0.1, 0.15) is 28.8 Å². The maximum absolute atomic E-state index is 12.4. The van der Waals surface area contributed by atoms with E-state index < -0.39 is 5.97 Å². The molecule has 1 saturated heterocycles. The highest BCUT2D eigenvalue weighted by atomic mass is 16.4. The molecule has 7 nitrogen and oxygen atoms in total. The number of aliphatic carboxylic acids is 1. The Morgan fingerprint density at radius 3 is 2.21 bits per heavy atom. The normalized spacial score (nSPS) is 13.2. The van der Waals surface area contributed by atoms with Crippen LogP contribution in [0.15, 0.2) is 54.6 Å². The van der Waals surface area contributed by atoms with Crippen LogP contribution in [0.5, 0.6) is 0 Å². The molecule has 0 atom stereocenters. The van der Waals surface area contributed by atoms with Crippen LogP contribution in [0, 0.1) is 0 Å². The lowest BCUT2D eigenvalue weighted by Crippen LogP contribution is -2.39. The molecular formula is C22H25N3O4. The summed E-state index contributed by atoms with van der Waals surface area (Å²) in [7, 11) is 0. The molecular weight excluding hydrogens is 370 g/mol. The number of amides is 2. The number of carboxylic acids is 1. The molecule has 2 aromatic carbocycles. The Morgan fingerprint density at radius 2 is 1.59 bits per heavy atom. The fourth-order valence-corrected chi connectivity index (χ4v) is 3.34. The molecule has 0 unspecified atom stereocenters. The maximum atomic E-state index is 12.4. The number of benzene rings is 2. The topological polar surface area (TPSA) is 90.0 Å². The summed E-state index contributed by atoms with van der Waals surface area (Å²) in [6, 6.07) is 16.2. The molecule has 0 bridgehead atoms. The Labute approximate surface area is 169 Å². The predicted molar refractivity (Wildman–Crippen MR) is 110 cm³/mol. The lowest BCUT2D eigenvalue weighted by Gasteiger charge is -2.22. The monoisotopic (exact) mass is 395 g/mol. The summed E-state index contributed by atoms with van der Waals surface area (Å²) in [5.74, 6) is -1.22. The summed E-state index contributed by atoms with van der Waals surface area (Å²) in [4.78, 5) is 39.2. The molecule has 1 heterocycles. The molecule has 0 aliphatic carbocycles.